The molecule has 0 radical (unpaired) electrons. The lowest BCUT2D eigenvalue weighted by molar-refractivity contribution is -0.134. The van der Waals surface area contributed by atoms with Crippen LogP contribution in [0, 0.1) is 17.8 Å². The highest BCUT2D eigenvalue weighted by molar-refractivity contribution is 5.62. The molecule has 2 rings (SSSR count). The molecule has 0 amide bonds. The van der Waals surface area contributed by atoms with E-state index in [0.717, 1.165) is 18.8 Å². The fourth-order valence-electron chi connectivity index (χ4n) is 2.10. The molecule has 0 spiro atoms. The second-order valence-electron chi connectivity index (χ2n) is 3.74. The highest BCUT2D eigenvalue weighted by Gasteiger charge is 2.34. The van der Waals surface area contributed by atoms with Gasteiger partial charge >= 0.3 is 0 Å². The number of hydrogen-bond donors (Lipinski definition) is 2. The van der Waals surface area contributed by atoms with E-state index in [1.54, 1.807) is 0 Å². The number of aliphatic hydroxyl groups excluding tert-OH is 1. The average Bonchev–Trinajstić information content (AvgIpc) is 2.62. The number of carboxylic acid groups (broad SMARTS) is 1. The Labute approximate surface area is 78.1 Å². The van der Waals surface area contributed by atoms with Crippen LogP contribution in [-0.4, -0.2) is 22.8 Å². The Kier molecular flexibility index (Phi) is 3.48. The number of carbonyl (C=O) groups is 1. The van der Waals surface area contributed by atoms with Crippen LogP contribution in [0.5, 0.6) is 0 Å². The molecule has 1 saturated carbocycles. The van der Waals surface area contributed by atoms with Crippen molar-refractivity contribution >= 4 is 5.97 Å². The van der Waals surface area contributed by atoms with Crippen molar-refractivity contribution in [3.63, 3.8) is 0 Å². The van der Waals surface area contributed by atoms with Gasteiger partial charge in [0.05, 0.1) is 0 Å². The number of fused-ring (bicyclic) bond motifs is 2. The minimum Gasteiger partial charge on any atom is -0.481 e. The largest absolute Gasteiger partial charge is 0.481 e. The van der Waals surface area contributed by atoms with Gasteiger partial charge in [-0.15, -0.1) is 0 Å². The van der Waals surface area contributed by atoms with Gasteiger partial charge in [-0.3, -0.25) is 4.79 Å². The summed E-state index contributed by atoms with van der Waals surface area (Å²) in [5, 5.41) is 16.3. The van der Waals surface area contributed by atoms with Gasteiger partial charge in [0.15, 0.2) is 0 Å². The zero-order valence-corrected chi connectivity index (χ0v) is 7.81. The third-order valence-electron chi connectivity index (χ3n) is 2.65. The minimum atomic E-state index is -0.833. The zero-order valence-electron chi connectivity index (χ0n) is 7.81. The summed E-state index contributed by atoms with van der Waals surface area (Å²) < 4.78 is 0. The van der Waals surface area contributed by atoms with E-state index >= 15 is 0 Å². The predicted molar refractivity (Wildman–Crippen MR) is 49.2 cm³/mol. The third-order valence-corrected chi connectivity index (χ3v) is 2.65. The van der Waals surface area contributed by atoms with Gasteiger partial charge in [0.25, 0.3) is 5.97 Å². The summed E-state index contributed by atoms with van der Waals surface area (Å²) in [6, 6.07) is 0. The Hall–Kier alpha value is -0.830. The van der Waals surface area contributed by atoms with Gasteiger partial charge in [-0.2, -0.15) is 0 Å². The van der Waals surface area contributed by atoms with Crippen molar-refractivity contribution in [2.45, 2.75) is 19.8 Å². The minimum absolute atomic E-state index is 0.394. The van der Waals surface area contributed by atoms with Gasteiger partial charge in [0, 0.05) is 13.5 Å². The van der Waals surface area contributed by atoms with Crippen LogP contribution >= 0.6 is 0 Å². The first-order chi connectivity index (χ1) is 6.13. The summed E-state index contributed by atoms with van der Waals surface area (Å²) in [5.74, 6) is 1.30. The molecule has 2 aliphatic carbocycles. The standard InChI is InChI=1S/C8H12O.C2H4O2/c9-5-8-4-6-1-2-7(8)3-6;1-2(3)4/h1-2,6-9H,3-5H2;1H3,(H,3,4). The Morgan fingerprint density at radius 1 is 1.46 bits per heavy atom. The van der Waals surface area contributed by atoms with Crippen molar-refractivity contribution in [2.24, 2.45) is 17.8 Å². The zero-order chi connectivity index (χ0) is 9.84. The van der Waals surface area contributed by atoms with E-state index in [4.69, 9.17) is 15.0 Å². The van der Waals surface area contributed by atoms with Gasteiger partial charge in [0.1, 0.15) is 0 Å². The third kappa shape index (κ3) is 2.84. The molecule has 13 heavy (non-hydrogen) atoms. The number of allylic oxidation sites excluding steroid dienone is 2. The van der Waals surface area contributed by atoms with Crippen LogP contribution in [0.1, 0.15) is 19.8 Å². The molecule has 0 aromatic rings. The van der Waals surface area contributed by atoms with Crippen molar-refractivity contribution in [3.8, 4) is 0 Å². The molecule has 2 bridgehead atoms. The normalized spacial score (nSPS) is 34.2. The molecule has 3 atom stereocenters. The molecule has 2 N–H and O–H groups in total. The van der Waals surface area contributed by atoms with E-state index in [-0.39, 0.29) is 0 Å². The van der Waals surface area contributed by atoms with E-state index < -0.39 is 5.97 Å². The van der Waals surface area contributed by atoms with Gasteiger partial charge in [-0.25, -0.2) is 0 Å². The number of aliphatic hydroxyl groups is 1. The van der Waals surface area contributed by atoms with E-state index in [0.29, 0.717) is 12.5 Å². The van der Waals surface area contributed by atoms with Crippen LogP contribution in [0.2, 0.25) is 0 Å². The van der Waals surface area contributed by atoms with Gasteiger partial charge in [-0.1, -0.05) is 12.2 Å². The smallest absolute Gasteiger partial charge is 0.300 e. The Morgan fingerprint density at radius 2 is 2.08 bits per heavy atom. The topological polar surface area (TPSA) is 57.5 Å². The molecule has 3 nitrogen and oxygen atoms in total. The Balaban J connectivity index is 0.000000184. The van der Waals surface area contributed by atoms with Crippen LogP contribution in [0.3, 0.4) is 0 Å². The highest BCUT2D eigenvalue weighted by atomic mass is 16.4. The maximum absolute atomic E-state index is 9.00. The average molecular weight is 184 g/mol. The first kappa shape index (κ1) is 10.3. The Bertz CT molecular complexity index is 206. The summed E-state index contributed by atoms with van der Waals surface area (Å²) in [4.78, 5) is 9.00. The van der Waals surface area contributed by atoms with Crippen molar-refractivity contribution in [2.75, 3.05) is 6.61 Å². The molecule has 2 aliphatic rings. The fourth-order valence-corrected chi connectivity index (χ4v) is 2.10. The maximum atomic E-state index is 9.00. The molecule has 74 valence electrons. The van der Waals surface area contributed by atoms with Gasteiger partial charge < -0.3 is 10.2 Å². The number of aliphatic carboxylic acids is 1. The number of hydrogen-bond acceptors (Lipinski definition) is 2. The monoisotopic (exact) mass is 184 g/mol. The fraction of sp³-hybridized carbons (Fsp3) is 0.700. The number of rotatable bonds is 1. The molecule has 0 aliphatic heterocycles. The van der Waals surface area contributed by atoms with Crippen LogP contribution in [-0.2, 0) is 4.79 Å². The highest BCUT2D eigenvalue weighted by Crippen LogP contribution is 2.42. The number of carboxylic acids is 1. The lowest BCUT2D eigenvalue weighted by Gasteiger charge is -2.13. The Morgan fingerprint density at radius 3 is 2.31 bits per heavy atom. The van der Waals surface area contributed by atoms with E-state index in [1.807, 2.05) is 0 Å². The van der Waals surface area contributed by atoms with Crippen molar-refractivity contribution in [1.29, 1.82) is 0 Å². The van der Waals surface area contributed by atoms with Crippen LogP contribution in [0.25, 0.3) is 0 Å². The van der Waals surface area contributed by atoms with Crippen LogP contribution in [0.4, 0.5) is 0 Å². The first-order valence-electron chi connectivity index (χ1n) is 4.62. The van der Waals surface area contributed by atoms with Crippen LogP contribution in [0.15, 0.2) is 12.2 Å². The molecule has 3 heteroatoms. The van der Waals surface area contributed by atoms with Gasteiger partial charge in [-0.05, 0) is 30.6 Å². The van der Waals surface area contributed by atoms with E-state index in [1.165, 1.54) is 12.8 Å². The van der Waals surface area contributed by atoms with Gasteiger partial charge in [0.2, 0.25) is 0 Å². The first-order valence-corrected chi connectivity index (χ1v) is 4.62. The summed E-state index contributed by atoms with van der Waals surface area (Å²) in [5.41, 5.74) is 0. The summed E-state index contributed by atoms with van der Waals surface area (Å²) in [6.45, 7) is 1.48. The summed E-state index contributed by atoms with van der Waals surface area (Å²) in [7, 11) is 0. The summed E-state index contributed by atoms with van der Waals surface area (Å²) in [6.07, 6.45) is 7.12. The van der Waals surface area contributed by atoms with Crippen LogP contribution < -0.4 is 0 Å². The van der Waals surface area contributed by atoms with E-state index in [2.05, 4.69) is 12.2 Å². The lowest BCUT2D eigenvalue weighted by Crippen LogP contribution is -2.10. The molecule has 3 unspecified atom stereocenters. The van der Waals surface area contributed by atoms with Crippen molar-refractivity contribution in [1.82, 2.24) is 0 Å². The van der Waals surface area contributed by atoms with E-state index in [9.17, 15) is 0 Å². The molecule has 0 aromatic heterocycles. The second-order valence-corrected chi connectivity index (χ2v) is 3.74. The molecular formula is C10H16O3. The molecule has 0 aromatic carbocycles. The second kappa shape index (κ2) is 4.42. The molecule has 0 heterocycles. The van der Waals surface area contributed by atoms with Crippen molar-refractivity contribution in [3.05, 3.63) is 12.2 Å². The maximum Gasteiger partial charge on any atom is 0.300 e. The molecule has 0 saturated heterocycles. The van der Waals surface area contributed by atoms with Crippen molar-refractivity contribution < 1.29 is 15.0 Å². The summed E-state index contributed by atoms with van der Waals surface area (Å²) >= 11 is 0. The lowest BCUT2D eigenvalue weighted by atomic mass is 9.95. The SMILES string of the molecule is CC(=O)O.OCC1CC2C=CC1C2. The molecular weight excluding hydrogens is 168 g/mol. The molecule has 1 fully saturated rings. The predicted octanol–water partition coefficient (Wildman–Crippen LogP) is 1.28. The quantitative estimate of drug-likeness (QED) is 0.603.